The van der Waals surface area contributed by atoms with Gasteiger partial charge in [-0.1, -0.05) is 5.21 Å². The van der Waals surface area contributed by atoms with Crippen LogP contribution < -0.4 is 20.6 Å². The van der Waals surface area contributed by atoms with Gasteiger partial charge in [0, 0.05) is 5.56 Å². The van der Waals surface area contributed by atoms with E-state index >= 15 is 0 Å². The van der Waals surface area contributed by atoms with Crippen LogP contribution in [-0.2, 0) is 0 Å². The summed E-state index contributed by atoms with van der Waals surface area (Å²) in [6.45, 7) is 6.70. The first-order chi connectivity index (χ1) is 17.0. The highest BCUT2D eigenvalue weighted by Gasteiger charge is 2.25. The third kappa shape index (κ3) is 5.11. The zero-order chi connectivity index (χ0) is 24.8. The third-order valence-corrected chi connectivity index (χ3v) is 4.93. The van der Waals surface area contributed by atoms with Crippen molar-refractivity contribution in [2.24, 2.45) is 5.10 Å². The van der Waals surface area contributed by atoms with Crippen molar-refractivity contribution in [3.63, 3.8) is 0 Å². The van der Waals surface area contributed by atoms with Gasteiger partial charge in [0.25, 0.3) is 5.91 Å². The molecule has 4 rings (SSSR count). The molecule has 2 aromatic heterocycles. The van der Waals surface area contributed by atoms with Crippen molar-refractivity contribution in [1.29, 1.82) is 0 Å². The van der Waals surface area contributed by atoms with Crippen LogP contribution in [0.5, 0.6) is 11.5 Å². The zero-order valence-electron chi connectivity index (χ0n) is 19.4. The number of benzene rings is 2. The predicted molar refractivity (Wildman–Crippen MR) is 128 cm³/mol. The number of amides is 1. The van der Waals surface area contributed by atoms with Crippen LogP contribution >= 0.6 is 0 Å². The summed E-state index contributed by atoms with van der Waals surface area (Å²) in [5.41, 5.74) is 10.8. The molecule has 180 valence electrons. The number of hydrazone groups is 1. The number of ether oxygens (including phenoxy) is 2. The fraction of sp³-hybridized carbons (Fsp3) is 0.217. The van der Waals surface area contributed by atoms with Crippen molar-refractivity contribution < 1.29 is 18.9 Å². The van der Waals surface area contributed by atoms with Gasteiger partial charge in [0.1, 0.15) is 17.2 Å². The van der Waals surface area contributed by atoms with Crippen LogP contribution in [0.1, 0.15) is 36.8 Å². The number of nitrogens with two attached hydrogens (primary N) is 1. The first-order valence-corrected chi connectivity index (χ1v) is 10.9. The minimum atomic E-state index is -0.569. The number of anilines is 1. The monoisotopic (exact) mass is 476 g/mol. The van der Waals surface area contributed by atoms with E-state index in [1.54, 1.807) is 31.2 Å². The highest BCUT2D eigenvalue weighted by Crippen LogP contribution is 2.28. The van der Waals surface area contributed by atoms with Gasteiger partial charge in [-0.3, -0.25) is 4.79 Å². The van der Waals surface area contributed by atoms with Crippen molar-refractivity contribution in [3.8, 4) is 28.6 Å². The number of nitrogens with one attached hydrogen (secondary N) is 1. The molecule has 0 saturated carbocycles. The Balaban J connectivity index is 1.64. The Kier molecular flexibility index (Phi) is 7.00. The normalized spacial score (nSPS) is 11.3. The Labute approximate surface area is 200 Å². The predicted octanol–water partition coefficient (Wildman–Crippen LogP) is 2.85. The molecule has 0 unspecified atom stereocenters. The van der Waals surface area contributed by atoms with Gasteiger partial charge < -0.3 is 15.2 Å². The molecule has 0 saturated heterocycles. The fourth-order valence-corrected chi connectivity index (χ4v) is 3.27. The smallest absolute Gasteiger partial charge is 0.294 e. The molecular weight excluding hydrogens is 452 g/mol. The number of carbonyl (C=O) groups excluding carboxylic acids is 1. The fourth-order valence-electron chi connectivity index (χ4n) is 3.27. The van der Waals surface area contributed by atoms with Crippen molar-refractivity contribution >= 4 is 17.4 Å². The topological polar surface area (TPSA) is 156 Å². The van der Waals surface area contributed by atoms with Gasteiger partial charge in [-0.15, -0.1) is 5.10 Å². The van der Waals surface area contributed by atoms with E-state index in [0.717, 1.165) is 11.3 Å². The van der Waals surface area contributed by atoms with Gasteiger partial charge >= 0.3 is 0 Å². The second-order valence-electron chi connectivity index (χ2n) is 7.22. The maximum atomic E-state index is 13.1. The SMILES string of the molecule is CCOc1ccc(/C(C)=N\NC(=O)c2nnn(-c3nonc3N)c2-c2ccc(OCC)cc2)cc1. The Bertz CT molecular complexity index is 1330. The minimum absolute atomic E-state index is 0.00147. The summed E-state index contributed by atoms with van der Waals surface area (Å²) in [6, 6.07) is 14.5. The number of rotatable bonds is 9. The average molecular weight is 476 g/mol. The lowest BCUT2D eigenvalue weighted by molar-refractivity contribution is 0.0950. The Morgan fingerprint density at radius 3 is 2.23 bits per heavy atom. The molecule has 0 atom stereocenters. The summed E-state index contributed by atoms with van der Waals surface area (Å²) in [5, 5.41) is 19.7. The van der Waals surface area contributed by atoms with E-state index in [-0.39, 0.29) is 17.3 Å². The second-order valence-corrected chi connectivity index (χ2v) is 7.22. The van der Waals surface area contributed by atoms with Crippen molar-refractivity contribution in [3.05, 3.63) is 59.8 Å². The zero-order valence-corrected chi connectivity index (χ0v) is 19.4. The van der Waals surface area contributed by atoms with Crippen molar-refractivity contribution in [2.45, 2.75) is 20.8 Å². The number of aromatic nitrogens is 5. The number of hydrogen-bond acceptors (Lipinski definition) is 10. The first kappa shape index (κ1) is 23.4. The van der Waals surface area contributed by atoms with Crippen LogP contribution in [0.15, 0.2) is 58.3 Å². The summed E-state index contributed by atoms with van der Waals surface area (Å²) in [6.07, 6.45) is 0. The molecule has 0 radical (unpaired) electrons. The lowest BCUT2D eigenvalue weighted by Gasteiger charge is -2.08. The summed E-state index contributed by atoms with van der Waals surface area (Å²) in [7, 11) is 0. The van der Waals surface area contributed by atoms with Gasteiger partial charge in [0.05, 0.1) is 18.9 Å². The Morgan fingerprint density at radius 1 is 1.03 bits per heavy atom. The van der Waals surface area contributed by atoms with E-state index < -0.39 is 5.91 Å². The molecule has 0 bridgehead atoms. The van der Waals surface area contributed by atoms with E-state index in [0.29, 0.717) is 35.9 Å². The number of nitrogens with zero attached hydrogens (tertiary/aromatic N) is 6. The molecule has 0 fully saturated rings. The molecular formula is C23H24N8O4. The minimum Gasteiger partial charge on any atom is -0.494 e. The number of nitrogen functional groups attached to an aromatic ring is 1. The number of carbonyl (C=O) groups is 1. The van der Waals surface area contributed by atoms with Gasteiger partial charge in [0.15, 0.2) is 5.69 Å². The van der Waals surface area contributed by atoms with Crippen LogP contribution in [0.3, 0.4) is 0 Å². The quantitative estimate of drug-likeness (QED) is 0.274. The standard InChI is InChI=1S/C23H24N8O4/c1-4-33-17-10-6-15(7-11-17)14(3)25-27-23(32)19-20(16-8-12-18(13-9-16)34-5-2)31(30-26-19)22-21(24)28-35-29-22/h6-13H,4-5H2,1-3H3,(H2,24,28)(H,27,32)/b25-14-. The van der Waals surface area contributed by atoms with Gasteiger partial charge in [-0.25, -0.2) is 10.1 Å². The molecule has 12 heteroatoms. The Hall–Kier alpha value is -4.74. The maximum absolute atomic E-state index is 13.1. The van der Waals surface area contributed by atoms with Crippen molar-refractivity contribution in [2.75, 3.05) is 18.9 Å². The molecule has 12 nitrogen and oxygen atoms in total. The van der Waals surface area contributed by atoms with Crippen LogP contribution in [-0.4, -0.2) is 50.1 Å². The molecule has 0 aliphatic rings. The number of hydrogen-bond donors (Lipinski definition) is 2. The van der Waals surface area contributed by atoms with E-state index in [1.165, 1.54) is 4.68 Å². The highest BCUT2D eigenvalue weighted by molar-refractivity contribution is 6.02. The Morgan fingerprint density at radius 2 is 1.66 bits per heavy atom. The molecule has 0 aliphatic carbocycles. The molecule has 0 aliphatic heterocycles. The molecule has 2 heterocycles. The summed E-state index contributed by atoms with van der Waals surface area (Å²) in [5.74, 6) is 0.971. The maximum Gasteiger partial charge on any atom is 0.294 e. The van der Waals surface area contributed by atoms with Gasteiger partial charge in [-0.2, -0.15) is 9.78 Å². The molecule has 4 aromatic rings. The summed E-state index contributed by atoms with van der Waals surface area (Å²) in [4.78, 5) is 13.1. The van der Waals surface area contributed by atoms with Gasteiger partial charge in [-0.05, 0) is 85.2 Å². The second kappa shape index (κ2) is 10.5. The van der Waals surface area contributed by atoms with E-state index in [4.69, 9.17) is 19.8 Å². The molecule has 0 spiro atoms. The lowest BCUT2D eigenvalue weighted by atomic mass is 10.1. The lowest BCUT2D eigenvalue weighted by Crippen LogP contribution is -2.21. The van der Waals surface area contributed by atoms with E-state index in [1.807, 2.05) is 38.1 Å². The average Bonchev–Trinajstić information content (AvgIpc) is 3.49. The molecule has 2 aromatic carbocycles. The third-order valence-electron chi connectivity index (χ3n) is 4.93. The molecule has 1 amide bonds. The van der Waals surface area contributed by atoms with E-state index in [9.17, 15) is 4.79 Å². The van der Waals surface area contributed by atoms with Crippen LogP contribution in [0.4, 0.5) is 5.82 Å². The summed E-state index contributed by atoms with van der Waals surface area (Å²) >= 11 is 0. The van der Waals surface area contributed by atoms with E-state index in [2.05, 4.69) is 31.2 Å². The van der Waals surface area contributed by atoms with Crippen molar-refractivity contribution in [1.82, 2.24) is 30.7 Å². The highest BCUT2D eigenvalue weighted by atomic mass is 16.6. The summed E-state index contributed by atoms with van der Waals surface area (Å²) < 4.78 is 16.9. The molecule has 3 N–H and O–H groups in total. The van der Waals surface area contributed by atoms with Crippen LogP contribution in [0, 0.1) is 0 Å². The van der Waals surface area contributed by atoms with Crippen LogP contribution in [0.25, 0.3) is 17.1 Å². The first-order valence-electron chi connectivity index (χ1n) is 10.9. The largest absolute Gasteiger partial charge is 0.494 e. The molecule has 35 heavy (non-hydrogen) atoms. The van der Waals surface area contributed by atoms with Crippen LogP contribution in [0.2, 0.25) is 0 Å². The van der Waals surface area contributed by atoms with Gasteiger partial charge in [0.2, 0.25) is 11.6 Å².